The number of aliphatic hydroxyl groups excluding tert-OH is 1. The molecule has 7 heteroatoms. The van der Waals surface area contributed by atoms with Crippen LogP contribution in [0.5, 0.6) is 11.5 Å². The minimum absolute atomic E-state index is 0.00106. The fourth-order valence-electron chi connectivity index (χ4n) is 2.83. The van der Waals surface area contributed by atoms with Gasteiger partial charge in [0.25, 0.3) is 5.91 Å². The Kier molecular flexibility index (Phi) is 5.13. The van der Waals surface area contributed by atoms with E-state index >= 15 is 0 Å². The zero-order valence-electron chi connectivity index (χ0n) is 13.5. The van der Waals surface area contributed by atoms with Crippen molar-refractivity contribution >= 4 is 17.5 Å². The lowest BCUT2D eigenvalue weighted by atomic mass is 10.0. The first kappa shape index (κ1) is 17.5. The van der Waals surface area contributed by atoms with Crippen molar-refractivity contribution in [2.75, 3.05) is 19.7 Å². The van der Waals surface area contributed by atoms with Crippen molar-refractivity contribution in [3.05, 3.63) is 47.0 Å². The second-order valence-corrected chi connectivity index (χ2v) is 6.29. The first-order valence-corrected chi connectivity index (χ1v) is 8.29. The lowest BCUT2D eigenvalue weighted by molar-refractivity contribution is -0.140. The highest BCUT2D eigenvalue weighted by atomic mass is 35.5. The summed E-state index contributed by atoms with van der Waals surface area (Å²) in [5.41, 5.74) is 7.63. The van der Waals surface area contributed by atoms with E-state index in [4.69, 9.17) is 22.1 Å². The molecule has 4 N–H and O–H groups in total. The zero-order valence-corrected chi connectivity index (χ0v) is 14.2. The van der Waals surface area contributed by atoms with Crippen LogP contribution in [0.3, 0.4) is 0 Å². The van der Waals surface area contributed by atoms with Crippen LogP contribution in [0, 0.1) is 0 Å². The number of amides is 1. The molecule has 0 unspecified atom stereocenters. The van der Waals surface area contributed by atoms with Gasteiger partial charge < -0.3 is 25.6 Å². The van der Waals surface area contributed by atoms with E-state index < -0.39 is 12.0 Å². The molecule has 3 rings (SSSR count). The number of benzene rings is 2. The molecule has 0 saturated heterocycles. The van der Waals surface area contributed by atoms with Crippen LogP contribution in [-0.4, -0.2) is 46.8 Å². The van der Waals surface area contributed by atoms with Crippen molar-refractivity contribution in [2.24, 2.45) is 5.73 Å². The molecule has 1 atom stereocenters. The van der Waals surface area contributed by atoms with E-state index in [1.807, 2.05) is 18.2 Å². The Morgan fingerprint density at radius 3 is 2.84 bits per heavy atom. The van der Waals surface area contributed by atoms with Crippen molar-refractivity contribution in [1.29, 1.82) is 0 Å². The van der Waals surface area contributed by atoms with Crippen molar-refractivity contribution in [2.45, 2.75) is 12.6 Å². The molecule has 6 nitrogen and oxygen atoms in total. The third-order valence-electron chi connectivity index (χ3n) is 4.09. The third-order valence-corrected chi connectivity index (χ3v) is 4.33. The van der Waals surface area contributed by atoms with Crippen molar-refractivity contribution in [3.8, 4) is 22.6 Å². The average Bonchev–Trinajstić information content (AvgIpc) is 2.83. The number of carbonyl (C=O) groups excluding carboxylic acids is 1. The van der Waals surface area contributed by atoms with Gasteiger partial charge in [0, 0.05) is 23.7 Å². The number of fused-ring (bicyclic) bond motifs is 1. The molecule has 0 spiro atoms. The number of nitrogens with zero attached hydrogens (tertiary/aromatic N) is 1. The first-order valence-electron chi connectivity index (χ1n) is 7.91. The van der Waals surface area contributed by atoms with Crippen molar-refractivity contribution < 1.29 is 19.7 Å². The molecule has 1 amide bonds. The predicted molar refractivity (Wildman–Crippen MR) is 94.5 cm³/mol. The number of aromatic hydroxyl groups is 1. The van der Waals surface area contributed by atoms with E-state index in [0.717, 1.165) is 11.1 Å². The Balaban J connectivity index is 1.98. The molecule has 0 radical (unpaired) electrons. The van der Waals surface area contributed by atoms with Crippen molar-refractivity contribution in [3.63, 3.8) is 0 Å². The molecule has 132 valence electrons. The SMILES string of the molecule is NC[C@H](O)C(=O)N1CCOc2c(O)cc(-c3cccc(Cl)c3)cc2C1. The van der Waals surface area contributed by atoms with Gasteiger partial charge in [-0.3, -0.25) is 4.79 Å². The summed E-state index contributed by atoms with van der Waals surface area (Å²) in [4.78, 5) is 13.7. The van der Waals surface area contributed by atoms with Crippen LogP contribution in [0.15, 0.2) is 36.4 Å². The van der Waals surface area contributed by atoms with Gasteiger partial charge in [-0.15, -0.1) is 0 Å². The number of phenols is 1. The van der Waals surface area contributed by atoms with Crippen LogP contribution in [-0.2, 0) is 11.3 Å². The van der Waals surface area contributed by atoms with E-state index in [9.17, 15) is 15.0 Å². The monoisotopic (exact) mass is 362 g/mol. The fraction of sp³-hybridized carbons (Fsp3) is 0.278. The molecule has 25 heavy (non-hydrogen) atoms. The summed E-state index contributed by atoms with van der Waals surface area (Å²) in [6.07, 6.45) is -1.24. The maximum Gasteiger partial charge on any atom is 0.253 e. The molecule has 0 aliphatic carbocycles. The second kappa shape index (κ2) is 7.31. The van der Waals surface area contributed by atoms with Crippen LogP contribution in [0.4, 0.5) is 0 Å². The quantitative estimate of drug-likeness (QED) is 0.773. The molecule has 2 aromatic carbocycles. The minimum atomic E-state index is -1.24. The van der Waals surface area contributed by atoms with Gasteiger partial charge >= 0.3 is 0 Å². The van der Waals surface area contributed by atoms with Crippen LogP contribution >= 0.6 is 11.6 Å². The Hall–Kier alpha value is -2.28. The molecule has 1 aliphatic rings. The minimum Gasteiger partial charge on any atom is -0.504 e. The number of phenolic OH excluding ortho intramolecular Hbond substituents is 1. The number of aliphatic hydroxyl groups is 1. The Bertz CT molecular complexity index is 797. The normalized spacial score (nSPS) is 15.1. The number of hydrogen-bond acceptors (Lipinski definition) is 5. The number of nitrogens with two attached hydrogens (primary N) is 1. The highest BCUT2D eigenvalue weighted by Gasteiger charge is 2.26. The molecule has 0 saturated carbocycles. The topological polar surface area (TPSA) is 96.0 Å². The van der Waals surface area contributed by atoms with E-state index in [1.54, 1.807) is 18.2 Å². The number of ether oxygens (including phenoxy) is 1. The van der Waals surface area contributed by atoms with Gasteiger partial charge in [-0.1, -0.05) is 23.7 Å². The van der Waals surface area contributed by atoms with Gasteiger partial charge in [-0.05, 0) is 35.4 Å². The molecule has 0 bridgehead atoms. The highest BCUT2D eigenvalue weighted by molar-refractivity contribution is 6.30. The summed E-state index contributed by atoms with van der Waals surface area (Å²) in [6.45, 7) is 0.598. The summed E-state index contributed by atoms with van der Waals surface area (Å²) < 4.78 is 5.60. The predicted octanol–water partition coefficient (Wildman–Crippen LogP) is 1.75. The van der Waals surface area contributed by atoms with Crippen LogP contribution < -0.4 is 10.5 Å². The van der Waals surface area contributed by atoms with E-state index in [1.165, 1.54) is 4.90 Å². The van der Waals surface area contributed by atoms with Gasteiger partial charge in [-0.25, -0.2) is 0 Å². The van der Waals surface area contributed by atoms with Gasteiger partial charge in [-0.2, -0.15) is 0 Å². The summed E-state index contributed by atoms with van der Waals surface area (Å²) in [7, 11) is 0. The molecular formula is C18H19ClN2O4. The van der Waals surface area contributed by atoms with Gasteiger partial charge in [0.1, 0.15) is 12.7 Å². The van der Waals surface area contributed by atoms with E-state index in [0.29, 0.717) is 22.9 Å². The first-order chi connectivity index (χ1) is 12.0. The fourth-order valence-corrected chi connectivity index (χ4v) is 3.02. The zero-order chi connectivity index (χ0) is 18.0. The van der Waals surface area contributed by atoms with Crippen molar-refractivity contribution in [1.82, 2.24) is 4.90 Å². The van der Waals surface area contributed by atoms with Crippen LogP contribution in [0.2, 0.25) is 5.02 Å². The molecular weight excluding hydrogens is 344 g/mol. The molecule has 0 fully saturated rings. The Labute approximate surface area is 150 Å². The highest BCUT2D eigenvalue weighted by Crippen LogP contribution is 2.38. The second-order valence-electron chi connectivity index (χ2n) is 5.85. The Morgan fingerprint density at radius 2 is 2.12 bits per heavy atom. The summed E-state index contributed by atoms with van der Waals surface area (Å²) in [5, 5.41) is 20.6. The summed E-state index contributed by atoms with van der Waals surface area (Å²) >= 11 is 6.04. The number of rotatable bonds is 3. The Morgan fingerprint density at radius 1 is 1.32 bits per heavy atom. The summed E-state index contributed by atoms with van der Waals surface area (Å²) in [5.74, 6) is -0.101. The molecule has 0 aromatic heterocycles. The lowest BCUT2D eigenvalue weighted by Gasteiger charge is -2.22. The number of halogens is 1. The third kappa shape index (κ3) is 3.71. The number of hydrogen-bond donors (Lipinski definition) is 3. The largest absolute Gasteiger partial charge is 0.504 e. The molecule has 1 aliphatic heterocycles. The maximum absolute atomic E-state index is 12.2. The number of carbonyl (C=O) groups is 1. The van der Waals surface area contributed by atoms with E-state index in [-0.39, 0.29) is 25.4 Å². The molecule has 1 heterocycles. The standard InChI is InChI=1S/C18H19ClN2O4/c19-14-3-1-2-11(7-14)12-6-13-10-21(18(24)16(23)9-20)4-5-25-17(13)15(22)8-12/h1-3,6-8,16,22-23H,4-5,9-10,20H2/t16-/m0/s1. The van der Waals surface area contributed by atoms with Gasteiger partial charge in [0.05, 0.1) is 6.54 Å². The lowest BCUT2D eigenvalue weighted by Crippen LogP contribution is -2.43. The van der Waals surface area contributed by atoms with Gasteiger partial charge in [0.15, 0.2) is 11.5 Å². The average molecular weight is 363 g/mol. The summed E-state index contributed by atoms with van der Waals surface area (Å²) in [6, 6.07) is 10.7. The maximum atomic E-state index is 12.2. The van der Waals surface area contributed by atoms with E-state index in [2.05, 4.69) is 0 Å². The smallest absolute Gasteiger partial charge is 0.253 e. The van der Waals surface area contributed by atoms with Gasteiger partial charge in [0.2, 0.25) is 0 Å². The van der Waals surface area contributed by atoms with Crippen LogP contribution in [0.1, 0.15) is 5.56 Å². The van der Waals surface area contributed by atoms with Crippen LogP contribution in [0.25, 0.3) is 11.1 Å². The molecule has 2 aromatic rings.